The van der Waals surface area contributed by atoms with Gasteiger partial charge in [0.15, 0.2) is 5.82 Å². The summed E-state index contributed by atoms with van der Waals surface area (Å²) in [5, 5.41) is 11.1. The summed E-state index contributed by atoms with van der Waals surface area (Å²) in [6.07, 6.45) is 3.15. The van der Waals surface area contributed by atoms with Crippen molar-refractivity contribution in [3.05, 3.63) is 101 Å². The maximum atomic E-state index is 15.0. The van der Waals surface area contributed by atoms with Crippen molar-refractivity contribution in [1.82, 2.24) is 19.7 Å². The van der Waals surface area contributed by atoms with Crippen LogP contribution in [0.25, 0.3) is 11.4 Å². The monoisotopic (exact) mass is 460 g/mol. The van der Waals surface area contributed by atoms with E-state index in [9.17, 15) is 9.18 Å². The molecule has 9 heteroatoms. The minimum absolute atomic E-state index is 0.298. The first-order valence-corrected chi connectivity index (χ1v) is 10.6. The van der Waals surface area contributed by atoms with Gasteiger partial charge in [-0.3, -0.25) is 9.78 Å². The van der Waals surface area contributed by atoms with Crippen LogP contribution in [0.4, 0.5) is 16.0 Å². The van der Waals surface area contributed by atoms with E-state index in [1.165, 1.54) is 10.7 Å². The van der Waals surface area contributed by atoms with Gasteiger partial charge in [0.25, 0.3) is 5.91 Å². The van der Waals surface area contributed by atoms with Crippen molar-refractivity contribution in [2.24, 2.45) is 0 Å². The van der Waals surface area contributed by atoms with E-state index in [0.717, 1.165) is 0 Å². The molecule has 0 fully saturated rings. The number of amides is 1. The zero-order chi connectivity index (χ0) is 22.9. The van der Waals surface area contributed by atoms with E-state index in [2.05, 4.69) is 25.7 Å². The van der Waals surface area contributed by atoms with Crippen LogP contribution in [0.1, 0.15) is 18.5 Å². The van der Waals surface area contributed by atoms with E-state index in [0.29, 0.717) is 44.9 Å². The van der Waals surface area contributed by atoms with E-state index >= 15 is 0 Å². The molecule has 2 aromatic heterocycles. The zero-order valence-corrected chi connectivity index (χ0v) is 18.2. The number of aromatic nitrogens is 4. The highest BCUT2D eigenvalue weighted by Crippen LogP contribution is 2.38. The Morgan fingerprint density at radius 3 is 2.67 bits per heavy atom. The number of allylic oxidation sites excluding steroid dienone is 1. The summed E-state index contributed by atoms with van der Waals surface area (Å²) in [5.74, 6) is -0.105. The zero-order valence-electron chi connectivity index (χ0n) is 17.5. The van der Waals surface area contributed by atoms with Crippen molar-refractivity contribution in [1.29, 1.82) is 0 Å². The number of nitrogens with one attached hydrogen (secondary N) is 2. The first-order valence-electron chi connectivity index (χ1n) is 10.2. The fourth-order valence-corrected chi connectivity index (χ4v) is 4.04. The van der Waals surface area contributed by atoms with Gasteiger partial charge in [-0.2, -0.15) is 4.98 Å². The third-order valence-electron chi connectivity index (χ3n) is 5.33. The second kappa shape index (κ2) is 8.48. The highest BCUT2D eigenvalue weighted by molar-refractivity contribution is 6.33. The molecular weight excluding hydrogens is 443 g/mol. The third-order valence-corrected chi connectivity index (χ3v) is 5.66. The normalized spacial score (nSPS) is 15.1. The molecule has 1 unspecified atom stereocenters. The van der Waals surface area contributed by atoms with Crippen molar-refractivity contribution >= 4 is 29.1 Å². The molecule has 0 saturated carbocycles. The number of fused-ring (bicyclic) bond motifs is 1. The molecule has 1 aliphatic heterocycles. The van der Waals surface area contributed by atoms with Gasteiger partial charge in [0.05, 0.1) is 22.5 Å². The molecule has 1 atom stereocenters. The topological polar surface area (TPSA) is 84.7 Å². The van der Waals surface area contributed by atoms with Gasteiger partial charge in [-0.05, 0) is 37.3 Å². The predicted molar refractivity (Wildman–Crippen MR) is 124 cm³/mol. The van der Waals surface area contributed by atoms with Gasteiger partial charge < -0.3 is 10.6 Å². The molecule has 4 aromatic rings. The average molecular weight is 461 g/mol. The first kappa shape index (κ1) is 20.8. The van der Waals surface area contributed by atoms with Crippen LogP contribution in [-0.2, 0) is 4.79 Å². The smallest absolute Gasteiger partial charge is 0.255 e. The Morgan fingerprint density at radius 2 is 1.91 bits per heavy atom. The van der Waals surface area contributed by atoms with Crippen LogP contribution in [0.2, 0.25) is 5.02 Å². The van der Waals surface area contributed by atoms with Gasteiger partial charge in [0, 0.05) is 23.0 Å². The van der Waals surface area contributed by atoms with E-state index in [-0.39, 0.29) is 0 Å². The molecule has 0 aliphatic carbocycles. The van der Waals surface area contributed by atoms with Crippen molar-refractivity contribution < 1.29 is 9.18 Å². The van der Waals surface area contributed by atoms with Crippen LogP contribution in [-0.4, -0.2) is 25.7 Å². The van der Waals surface area contributed by atoms with Crippen LogP contribution in [0.3, 0.4) is 0 Å². The highest BCUT2D eigenvalue weighted by Gasteiger charge is 2.36. The number of hydrogen-bond acceptors (Lipinski definition) is 5. The van der Waals surface area contributed by atoms with Crippen molar-refractivity contribution in [3.63, 3.8) is 0 Å². The number of pyridine rings is 1. The van der Waals surface area contributed by atoms with E-state index in [1.54, 1.807) is 61.8 Å². The Morgan fingerprint density at radius 1 is 1.12 bits per heavy atom. The molecule has 0 saturated heterocycles. The highest BCUT2D eigenvalue weighted by atomic mass is 35.5. The molecule has 2 N–H and O–H groups in total. The van der Waals surface area contributed by atoms with Gasteiger partial charge >= 0.3 is 0 Å². The molecule has 164 valence electrons. The molecule has 5 rings (SSSR count). The van der Waals surface area contributed by atoms with Crippen molar-refractivity contribution in [2.45, 2.75) is 13.0 Å². The molecule has 33 heavy (non-hydrogen) atoms. The van der Waals surface area contributed by atoms with Gasteiger partial charge in [-0.1, -0.05) is 41.9 Å². The largest absolute Gasteiger partial charge is 0.328 e. The summed E-state index contributed by atoms with van der Waals surface area (Å²) >= 11 is 6.35. The number of carbonyl (C=O) groups excluding carboxylic acids is 1. The number of carbonyl (C=O) groups is 1. The second-order valence-electron chi connectivity index (χ2n) is 7.47. The molecule has 3 heterocycles. The van der Waals surface area contributed by atoms with Crippen LogP contribution in [0.15, 0.2) is 84.3 Å². The fourth-order valence-electron chi connectivity index (χ4n) is 3.82. The summed E-state index contributed by atoms with van der Waals surface area (Å²) in [4.78, 5) is 22.0. The van der Waals surface area contributed by atoms with Crippen molar-refractivity contribution in [2.75, 3.05) is 10.6 Å². The summed E-state index contributed by atoms with van der Waals surface area (Å²) in [6.45, 7) is 1.75. The van der Waals surface area contributed by atoms with E-state index in [4.69, 9.17) is 11.6 Å². The van der Waals surface area contributed by atoms with Crippen LogP contribution < -0.4 is 10.6 Å². The van der Waals surface area contributed by atoms with Crippen LogP contribution in [0, 0.1) is 5.82 Å². The number of benzene rings is 2. The Labute approximate surface area is 194 Å². The molecule has 1 amide bonds. The number of anilines is 2. The summed E-state index contributed by atoms with van der Waals surface area (Å²) in [6, 6.07) is 16.1. The molecule has 0 radical (unpaired) electrons. The number of nitrogens with zero attached hydrogens (tertiary/aromatic N) is 4. The number of rotatable bonds is 4. The minimum atomic E-state index is -0.845. The Bertz CT molecular complexity index is 1380. The fraction of sp³-hybridized carbons (Fsp3) is 0.0833. The third kappa shape index (κ3) is 3.85. The Kier molecular flexibility index (Phi) is 5.35. The van der Waals surface area contributed by atoms with E-state index in [1.807, 2.05) is 12.1 Å². The Balaban J connectivity index is 1.64. The lowest BCUT2D eigenvalue weighted by Crippen LogP contribution is -2.32. The summed E-state index contributed by atoms with van der Waals surface area (Å²) in [5.41, 5.74) is 2.30. The second-order valence-corrected chi connectivity index (χ2v) is 7.87. The van der Waals surface area contributed by atoms with Gasteiger partial charge in [-0.15, -0.1) is 5.10 Å². The van der Waals surface area contributed by atoms with Crippen LogP contribution in [0.5, 0.6) is 0 Å². The molecule has 0 bridgehead atoms. The maximum Gasteiger partial charge on any atom is 0.255 e. The lowest BCUT2D eigenvalue weighted by Gasteiger charge is -2.28. The minimum Gasteiger partial charge on any atom is -0.328 e. The van der Waals surface area contributed by atoms with Gasteiger partial charge in [-0.25, -0.2) is 9.07 Å². The van der Waals surface area contributed by atoms with Gasteiger partial charge in [0.2, 0.25) is 5.95 Å². The molecule has 1 aliphatic rings. The summed E-state index contributed by atoms with van der Waals surface area (Å²) in [7, 11) is 0. The van der Waals surface area contributed by atoms with E-state index < -0.39 is 17.8 Å². The van der Waals surface area contributed by atoms with Crippen LogP contribution >= 0.6 is 11.6 Å². The maximum absolute atomic E-state index is 15.0. The lowest BCUT2D eigenvalue weighted by atomic mass is 9.94. The lowest BCUT2D eigenvalue weighted by molar-refractivity contribution is -0.113. The molecule has 7 nitrogen and oxygen atoms in total. The predicted octanol–water partition coefficient (Wildman–Crippen LogP) is 5.06. The molecular formula is C24H18ClFN6O. The summed E-state index contributed by atoms with van der Waals surface area (Å²) < 4.78 is 16.5. The average Bonchev–Trinajstić information content (AvgIpc) is 3.23. The van der Waals surface area contributed by atoms with Gasteiger partial charge in [0.1, 0.15) is 11.9 Å². The Hall–Kier alpha value is -4.04. The molecule has 2 aromatic carbocycles. The molecule has 0 spiro atoms. The SMILES string of the molecule is CC1=C(C(=O)Nc2cccnc2)C(c2ccccc2F)n2nc(-c3ccccc3Cl)nc2N1. The number of halogens is 2. The standard InChI is InChI=1S/C24H18ClFN6O/c1-14-20(23(33)29-15-7-6-12-27-13-15)21(17-9-3-5-11-19(17)26)32-24(28-14)30-22(31-32)16-8-2-4-10-18(16)25/h2-13,21H,1H3,(H,29,33)(H,28,30,31). The first-order chi connectivity index (χ1) is 16.0. The number of hydrogen-bond donors (Lipinski definition) is 2. The van der Waals surface area contributed by atoms with Crippen molar-refractivity contribution in [3.8, 4) is 11.4 Å². The quantitative estimate of drug-likeness (QED) is 0.444.